The minimum atomic E-state index is -0.502. The first kappa shape index (κ1) is 18.8. The first-order chi connectivity index (χ1) is 12.4. The van der Waals surface area contributed by atoms with Gasteiger partial charge in [-0.15, -0.1) is 0 Å². The number of anilines is 1. The lowest BCUT2D eigenvalue weighted by molar-refractivity contribution is -0.384. The van der Waals surface area contributed by atoms with E-state index in [0.29, 0.717) is 17.0 Å². The molecule has 2 amide bonds. The van der Waals surface area contributed by atoms with Gasteiger partial charge >= 0.3 is 0 Å². The van der Waals surface area contributed by atoms with Crippen LogP contribution in [0.15, 0.2) is 59.7 Å². The van der Waals surface area contributed by atoms with Gasteiger partial charge in [0, 0.05) is 23.5 Å². The number of carbonyl (C=O) groups is 2. The third-order valence-corrected chi connectivity index (χ3v) is 3.36. The minimum Gasteiger partial charge on any atom is -0.326 e. The molecule has 0 aromatic heterocycles. The van der Waals surface area contributed by atoms with Gasteiger partial charge in [-0.3, -0.25) is 19.7 Å². The molecule has 0 fully saturated rings. The molecule has 134 valence electrons. The van der Waals surface area contributed by atoms with Gasteiger partial charge in [-0.05, 0) is 24.6 Å². The normalized spacial score (nSPS) is 10.9. The molecule has 0 bridgehead atoms. The standard InChI is InChI=1S/C18H18N4O4/c1-13(11-17(23)19-15-5-3-2-4-6-15)20-21-18(24)12-14-7-9-16(10-8-14)22(25)26/h2-10H,11-12H2,1H3,(H,19,23)(H,21,24). The Kier molecular flexibility index (Phi) is 6.55. The lowest BCUT2D eigenvalue weighted by Gasteiger charge is -2.05. The molecule has 8 heteroatoms. The highest BCUT2D eigenvalue weighted by atomic mass is 16.6. The number of para-hydroxylation sites is 1. The number of amides is 2. The number of hydrogen-bond donors (Lipinski definition) is 2. The molecule has 2 aromatic rings. The van der Waals surface area contributed by atoms with Crippen LogP contribution in [-0.2, 0) is 16.0 Å². The van der Waals surface area contributed by atoms with E-state index >= 15 is 0 Å². The van der Waals surface area contributed by atoms with Gasteiger partial charge in [-0.2, -0.15) is 5.10 Å². The first-order valence-corrected chi connectivity index (χ1v) is 7.84. The molecule has 0 saturated carbocycles. The quantitative estimate of drug-likeness (QED) is 0.452. The fourth-order valence-electron chi connectivity index (χ4n) is 2.12. The lowest BCUT2D eigenvalue weighted by atomic mass is 10.1. The second-order valence-electron chi connectivity index (χ2n) is 5.57. The molecule has 0 radical (unpaired) electrons. The highest BCUT2D eigenvalue weighted by Crippen LogP contribution is 2.12. The van der Waals surface area contributed by atoms with Crippen molar-refractivity contribution in [2.45, 2.75) is 19.8 Å². The van der Waals surface area contributed by atoms with Gasteiger partial charge in [-0.25, -0.2) is 5.43 Å². The maximum Gasteiger partial charge on any atom is 0.269 e. The van der Waals surface area contributed by atoms with E-state index in [-0.39, 0.29) is 30.3 Å². The van der Waals surface area contributed by atoms with E-state index in [9.17, 15) is 19.7 Å². The number of benzene rings is 2. The Bertz CT molecular complexity index is 817. The summed E-state index contributed by atoms with van der Waals surface area (Å²) in [4.78, 5) is 33.8. The van der Waals surface area contributed by atoms with Crippen molar-refractivity contribution >= 4 is 28.9 Å². The van der Waals surface area contributed by atoms with Crippen LogP contribution in [0, 0.1) is 10.1 Å². The van der Waals surface area contributed by atoms with E-state index in [1.165, 1.54) is 24.3 Å². The Morgan fingerprint density at radius 3 is 2.31 bits per heavy atom. The van der Waals surface area contributed by atoms with Crippen molar-refractivity contribution in [3.63, 3.8) is 0 Å². The molecule has 2 rings (SSSR count). The van der Waals surface area contributed by atoms with Gasteiger partial charge in [0.1, 0.15) is 0 Å². The monoisotopic (exact) mass is 354 g/mol. The van der Waals surface area contributed by atoms with Gasteiger partial charge in [0.25, 0.3) is 5.69 Å². The number of nitrogens with zero attached hydrogens (tertiary/aromatic N) is 2. The zero-order valence-corrected chi connectivity index (χ0v) is 14.1. The van der Waals surface area contributed by atoms with Crippen LogP contribution < -0.4 is 10.7 Å². The van der Waals surface area contributed by atoms with Crippen LogP contribution in [0.2, 0.25) is 0 Å². The van der Waals surface area contributed by atoms with E-state index in [2.05, 4.69) is 15.8 Å². The molecule has 0 heterocycles. The van der Waals surface area contributed by atoms with Crippen LogP contribution >= 0.6 is 0 Å². The van der Waals surface area contributed by atoms with Gasteiger partial charge in [0.2, 0.25) is 11.8 Å². The zero-order valence-electron chi connectivity index (χ0n) is 14.1. The lowest BCUT2D eigenvalue weighted by Crippen LogP contribution is -2.22. The summed E-state index contributed by atoms with van der Waals surface area (Å²) in [7, 11) is 0. The molecular weight excluding hydrogens is 336 g/mol. The number of nitrogens with one attached hydrogen (secondary N) is 2. The number of non-ortho nitro benzene ring substituents is 1. The Hall–Kier alpha value is -3.55. The fraction of sp³-hybridized carbons (Fsp3) is 0.167. The topological polar surface area (TPSA) is 114 Å². The number of rotatable bonds is 7. The van der Waals surface area contributed by atoms with Crippen LogP contribution in [0.1, 0.15) is 18.9 Å². The average Bonchev–Trinajstić information content (AvgIpc) is 2.61. The molecular formula is C18H18N4O4. The SMILES string of the molecule is CC(CC(=O)Nc1ccccc1)=NNC(=O)Cc1ccc([N+](=O)[O-])cc1. The van der Waals surface area contributed by atoms with Crippen molar-refractivity contribution in [3.8, 4) is 0 Å². The summed E-state index contributed by atoms with van der Waals surface area (Å²) in [5.74, 6) is -0.608. The molecule has 26 heavy (non-hydrogen) atoms. The zero-order chi connectivity index (χ0) is 18.9. The van der Waals surface area contributed by atoms with Crippen molar-refractivity contribution in [2.24, 2.45) is 5.10 Å². The molecule has 0 unspecified atom stereocenters. The Labute approximate surface area is 150 Å². The molecule has 0 aliphatic rings. The smallest absolute Gasteiger partial charge is 0.269 e. The van der Waals surface area contributed by atoms with Crippen LogP contribution in [0.3, 0.4) is 0 Å². The number of nitro groups is 1. The fourth-order valence-corrected chi connectivity index (χ4v) is 2.12. The predicted molar refractivity (Wildman–Crippen MR) is 97.7 cm³/mol. The van der Waals surface area contributed by atoms with Gasteiger partial charge < -0.3 is 5.32 Å². The van der Waals surface area contributed by atoms with Crippen LogP contribution in [-0.4, -0.2) is 22.4 Å². The van der Waals surface area contributed by atoms with E-state index in [1.54, 1.807) is 19.1 Å². The summed E-state index contributed by atoms with van der Waals surface area (Å²) in [6, 6.07) is 14.7. The number of nitro benzene ring substituents is 1. The molecule has 0 spiro atoms. The van der Waals surface area contributed by atoms with Gasteiger partial charge in [0.05, 0.1) is 17.8 Å². The van der Waals surface area contributed by atoms with Gasteiger partial charge in [-0.1, -0.05) is 30.3 Å². The average molecular weight is 354 g/mol. The summed E-state index contributed by atoms with van der Waals surface area (Å²) < 4.78 is 0. The third kappa shape index (κ3) is 6.16. The van der Waals surface area contributed by atoms with Crippen molar-refractivity contribution in [3.05, 3.63) is 70.3 Å². The van der Waals surface area contributed by atoms with Gasteiger partial charge in [0.15, 0.2) is 0 Å². The predicted octanol–water partition coefficient (Wildman–Crippen LogP) is 2.66. The number of carbonyl (C=O) groups excluding carboxylic acids is 2. The summed E-state index contributed by atoms with van der Waals surface area (Å²) in [6.45, 7) is 1.64. The third-order valence-electron chi connectivity index (χ3n) is 3.36. The second kappa shape index (κ2) is 9.07. The van der Waals surface area contributed by atoms with E-state index in [4.69, 9.17) is 0 Å². The Morgan fingerprint density at radius 2 is 1.69 bits per heavy atom. The number of hydrazone groups is 1. The maximum absolute atomic E-state index is 11.9. The number of hydrogen-bond acceptors (Lipinski definition) is 5. The van der Waals surface area contributed by atoms with E-state index in [1.807, 2.05) is 18.2 Å². The molecule has 8 nitrogen and oxygen atoms in total. The summed E-state index contributed by atoms with van der Waals surface area (Å²) in [5.41, 5.74) is 4.11. The first-order valence-electron chi connectivity index (χ1n) is 7.84. The summed E-state index contributed by atoms with van der Waals surface area (Å²) in [6.07, 6.45) is 0.0810. The molecule has 0 aliphatic heterocycles. The molecule has 0 saturated heterocycles. The Balaban J connectivity index is 1.80. The molecule has 2 aromatic carbocycles. The maximum atomic E-state index is 11.9. The highest BCUT2D eigenvalue weighted by Gasteiger charge is 2.08. The summed E-state index contributed by atoms with van der Waals surface area (Å²) in [5, 5.41) is 17.2. The Morgan fingerprint density at radius 1 is 1.04 bits per heavy atom. The van der Waals surface area contributed by atoms with E-state index in [0.717, 1.165) is 0 Å². The van der Waals surface area contributed by atoms with E-state index < -0.39 is 4.92 Å². The van der Waals surface area contributed by atoms with Crippen molar-refractivity contribution in [1.82, 2.24) is 5.43 Å². The molecule has 2 N–H and O–H groups in total. The van der Waals surface area contributed by atoms with Crippen LogP contribution in [0.25, 0.3) is 0 Å². The van der Waals surface area contributed by atoms with Crippen molar-refractivity contribution in [1.29, 1.82) is 0 Å². The molecule has 0 atom stereocenters. The largest absolute Gasteiger partial charge is 0.326 e. The van der Waals surface area contributed by atoms with Crippen LogP contribution in [0.5, 0.6) is 0 Å². The highest BCUT2D eigenvalue weighted by molar-refractivity contribution is 6.05. The van der Waals surface area contributed by atoms with Crippen molar-refractivity contribution < 1.29 is 14.5 Å². The molecule has 0 aliphatic carbocycles. The second-order valence-corrected chi connectivity index (χ2v) is 5.57. The minimum absolute atomic E-state index is 0.0327. The van der Waals surface area contributed by atoms with Crippen molar-refractivity contribution in [2.75, 3.05) is 5.32 Å². The summed E-state index contributed by atoms with van der Waals surface area (Å²) >= 11 is 0. The van der Waals surface area contributed by atoms with Crippen LogP contribution in [0.4, 0.5) is 11.4 Å².